The van der Waals surface area contributed by atoms with Gasteiger partial charge < -0.3 is 15.0 Å². The zero-order chi connectivity index (χ0) is 18.8. The van der Waals surface area contributed by atoms with E-state index in [0.29, 0.717) is 22.1 Å². The molecule has 0 unspecified atom stereocenters. The molecule has 132 valence electrons. The lowest BCUT2D eigenvalue weighted by Gasteiger charge is -2.10. The van der Waals surface area contributed by atoms with Crippen molar-refractivity contribution >= 4 is 23.5 Å². The number of benzene rings is 1. The Hall–Kier alpha value is -3.12. The van der Waals surface area contributed by atoms with Gasteiger partial charge in [0.25, 0.3) is 5.91 Å². The van der Waals surface area contributed by atoms with E-state index in [4.69, 9.17) is 22.1 Å². The van der Waals surface area contributed by atoms with Crippen LogP contribution in [0.1, 0.15) is 32.1 Å². The smallest absolute Gasteiger partial charge is 0.345 e. The molecule has 0 aliphatic rings. The maximum absolute atomic E-state index is 12.7. The summed E-state index contributed by atoms with van der Waals surface area (Å²) in [6.07, 6.45) is 1.68. The third kappa shape index (κ3) is 3.32. The monoisotopic (exact) mass is 369 g/mol. The summed E-state index contributed by atoms with van der Waals surface area (Å²) < 4.78 is 7.26. The Morgan fingerprint density at radius 2 is 1.88 bits per heavy atom. The van der Waals surface area contributed by atoms with Gasteiger partial charge in [0.1, 0.15) is 11.6 Å². The molecule has 1 amide bonds. The average Bonchev–Trinajstić information content (AvgIpc) is 2.91. The van der Waals surface area contributed by atoms with Crippen LogP contribution in [0.4, 0.5) is 0 Å². The number of carbonyl (C=O) groups is 2. The highest BCUT2D eigenvalue weighted by molar-refractivity contribution is 6.31. The van der Waals surface area contributed by atoms with Gasteiger partial charge in [0, 0.05) is 22.6 Å². The summed E-state index contributed by atoms with van der Waals surface area (Å²) in [4.78, 5) is 28.5. The SMILES string of the molecule is Cc1cc(C(=O)Oc2ccc(Cl)cc2C(N)=O)c(C)n1-c1ccccn1. The summed E-state index contributed by atoms with van der Waals surface area (Å²) in [7, 11) is 0. The number of nitrogens with two attached hydrogens (primary N) is 1. The zero-order valence-corrected chi connectivity index (χ0v) is 14.9. The first kappa shape index (κ1) is 17.7. The van der Waals surface area contributed by atoms with Gasteiger partial charge in [-0.2, -0.15) is 0 Å². The van der Waals surface area contributed by atoms with E-state index in [1.807, 2.05) is 29.7 Å². The molecule has 7 heteroatoms. The minimum Gasteiger partial charge on any atom is -0.422 e. The number of ether oxygens (including phenoxy) is 1. The highest BCUT2D eigenvalue weighted by Crippen LogP contribution is 2.25. The molecule has 0 bridgehead atoms. The van der Waals surface area contributed by atoms with Gasteiger partial charge >= 0.3 is 5.97 Å². The zero-order valence-electron chi connectivity index (χ0n) is 14.2. The van der Waals surface area contributed by atoms with E-state index in [2.05, 4.69) is 4.98 Å². The molecule has 1 aromatic carbocycles. The fourth-order valence-corrected chi connectivity index (χ4v) is 2.92. The van der Waals surface area contributed by atoms with Crippen LogP contribution in [-0.4, -0.2) is 21.4 Å². The molecule has 0 saturated heterocycles. The van der Waals surface area contributed by atoms with Crippen LogP contribution in [0.5, 0.6) is 5.75 Å². The summed E-state index contributed by atoms with van der Waals surface area (Å²) >= 11 is 5.87. The Bertz CT molecular complexity index is 997. The molecule has 0 aliphatic carbocycles. The normalized spacial score (nSPS) is 10.6. The lowest BCUT2D eigenvalue weighted by Crippen LogP contribution is -2.16. The second-order valence-corrected chi connectivity index (χ2v) is 6.14. The van der Waals surface area contributed by atoms with Crippen molar-refractivity contribution in [2.24, 2.45) is 5.73 Å². The summed E-state index contributed by atoms with van der Waals surface area (Å²) in [5, 5.41) is 0.326. The molecule has 3 rings (SSSR count). The molecular weight excluding hydrogens is 354 g/mol. The molecule has 0 aliphatic heterocycles. The van der Waals surface area contributed by atoms with Gasteiger partial charge in [0.05, 0.1) is 11.1 Å². The number of primary amides is 1. The number of pyridine rings is 1. The molecule has 0 radical (unpaired) electrons. The van der Waals surface area contributed by atoms with E-state index in [-0.39, 0.29) is 11.3 Å². The van der Waals surface area contributed by atoms with Crippen LogP contribution < -0.4 is 10.5 Å². The first-order valence-electron chi connectivity index (χ1n) is 7.80. The van der Waals surface area contributed by atoms with E-state index < -0.39 is 11.9 Å². The molecule has 0 saturated carbocycles. The van der Waals surface area contributed by atoms with Crippen molar-refractivity contribution in [2.45, 2.75) is 13.8 Å². The molecule has 6 nitrogen and oxygen atoms in total. The van der Waals surface area contributed by atoms with Crippen LogP contribution in [0.15, 0.2) is 48.7 Å². The van der Waals surface area contributed by atoms with Crippen molar-refractivity contribution in [3.05, 3.63) is 76.2 Å². The van der Waals surface area contributed by atoms with Crippen LogP contribution in [0.2, 0.25) is 5.02 Å². The summed E-state index contributed by atoms with van der Waals surface area (Å²) in [5.41, 5.74) is 7.26. The molecule has 0 atom stereocenters. The minimum absolute atomic E-state index is 0.0457. The average molecular weight is 370 g/mol. The third-order valence-electron chi connectivity index (χ3n) is 3.94. The van der Waals surface area contributed by atoms with E-state index in [9.17, 15) is 9.59 Å². The number of esters is 1. The van der Waals surface area contributed by atoms with E-state index in [1.54, 1.807) is 19.2 Å². The standard InChI is InChI=1S/C19H16ClN3O3/c1-11-9-14(12(2)23(11)17-5-3-4-8-22-17)19(25)26-16-7-6-13(20)10-15(16)18(21)24/h3-10H,1-2H3,(H2,21,24). The molecule has 3 aromatic rings. The van der Waals surface area contributed by atoms with Crippen molar-refractivity contribution in [3.63, 3.8) is 0 Å². The molecule has 2 heterocycles. The molecule has 2 aromatic heterocycles. The minimum atomic E-state index is -0.728. The summed E-state index contributed by atoms with van der Waals surface area (Å²) in [6, 6.07) is 11.6. The number of aromatic nitrogens is 2. The van der Waals surface area contributed by atoms with Crippen LogP contribution in [0.3, 0.4) is 0 Å². The van der Waals surface area contributed by atoms with Crippen molar-refractivity contribution in [1.82, 2.24) is 9.55 Å². The Balaban J connectivity index is 1.97. The van der Waals surface area contributed by atoms with Crippen LogP contribution in [-0.2, 0) is 0 Å². The molecule has 26 heavy (non-hydrogen) atoms. The van der Waals surface area contributed by atoms with Crippen LogP contribution >= 0.6 is 11.6 Å². The molecular formula is C19H16ClN3O3. The number of hydrogen-bond acceptors (Lipinski definition) is 4. The van der Waals surface area contributed by atoms with Gasteiger partial charge in [-0.15, -0.1) is 0 Å². The second-order valence-electron chi connectivity index (χ2n) is 5.70. The largest absolute Gasteiger partial charge is 0.422 e. The Morgan fingerprint density at radius 3 is 2.54 bits per heavy atom. The van der Waals surface area contributed by atoms with Gasteiger partial charge in [0.15, 0.2) is 0 Å². The molecule has 2 N–H and O–H groups in total. The quantitative estimate of drug-likeness (QED) is 0.563. The number of nitrogens with zero attached hydrogens (tertiary/aromatic N) is 2. The van der Waals surface area contributed by atoms with E-state index >= 15 is 0 Å². The predicted octanol–water partition coefficient (Wildman–Crippen LogP) is 3.46. The van der Waals surface area contributed by atoms with Crippen molar-refractivity contribution < 1.29 is 14.3 Å². The molecule has 0 spiro atoms. The highest BCUT2D eigenvalue weighted by atomic mass is 35.5. The maximum atomic E-state index is 12.7. The maximum Gasteiger partial charge on any atom is 0.345 e. The Morgan fingerprint density at radius 1 is 1.12 bits per heavy atom. The number of rotatable bonds is 4. The first-order valence-corrected chi connectivity index (χ1v) is 8.18. The van der Waals surface area contributed by atoms with Gasteiger partial charge in [0.2, 0.25) is 0 Å². The van der Waals surface area contributed by atoms with Crippen LogP contribution in [0, 0.1) is 13.8 Å². The Labute approximate surface area is 155 Å². The van der Waals surface area contributed by atoms with E-state index in [0.717, 1.165) is 5.69 Å². The fraction of sp³-hybridized carbons (Fsp3) is 0.105. The van der Waals surface area contributed by atoms with Crippen LogP contribution in [0.25, 0.3) is 5.82 Å². The van der Waals surface area contributed by atoms with Crippen molar-refractivity contribution in [2.75, 3.05) is 0 Å². The predicted molar refractivity (Wildman–Crippen MR) is 98.0 cm³/mol. The van der Waals surface area contributed by atoms with Gasteiger partial charge in [-0.05, 0) is 50.2 Å². The van der Waals surface area contributed by atoms with Crippen molar-refractivity contribution in [1.29, 1.82) is 0 Å². The highest BCUT2D eigenvalue weighted by Gasteiger charge is 2.21. The summed E-state index contributed by atoms with van der Waals surface area (Å²) in [6.45, 7) is 3.67. The lowest BCUT2D eigenvalue weighted by atomic mass is 10.2. The topological polar surface area (TPSA) is 87.2 Å². The van der Waals surface area contributed by atoms with Gasteiger partial charge in [-0.1, -0.05) is 17.7 Å². The van der Waals surface area contributed by atoms with Crippen molar-refractivity contribution in [3.8, 4) is 11.6 Å². The number of hydrogen-bond donors (Lipinski definition) is 1. The fourth-order valence-electron chi connectivity index (χ4n) is 2.75. The number of aryl methyl sites for hydroxylation is 1. The number of carbonyl (C=O) groups excluding carboxylic acids is 2. The lowest BCUT2D eigenvalue weighted by molar-refractivity contribution is 0.0732. The van der Waals surface area contributed by atoms with Gasteiger partial charge in [-0.3, -0.25) is 4.79 Å². The Kier molecular flexibility index (Phi) is 4.77. The third-order valence-corrected chi connectivity index (χ3v) is 4.17. The van der Waals surface area contributed by atoms with E-state index in [1.165, 1.54) is 18.2 Å². The second kappa shape index (κ2) is 7.01. The van der Waals surface area contributed by atoms with Gasteiger partial charge in [-0.25, -0.2) is 9.78 Å². The number of amides is 1. The number of halogens is 1. The molecule has 0 fully saturated rings. The first-order chi connectivity index (χ1) is 12.4. The summed E-state index contributed by atoms with van der Waals surface area (Å²) in [5.74, 6) is -0.556.